The summed E-state index contributed by atoms with van der Waals surface area (Å²) in [7, 11) is 0. The Balaban J connectivity index is 3.22. The Kier molecular flexibility index (Phi) is 2.65. The lowest BCUT2D eigenvalue weighted by atomic mass is 10.2. The molecule has 4 heteroatoms. The number of pyridine rings is 1. The van der Waals surface area contributed by atoms with E-state index in [4.69, 9.17) is 5.26 Å². The van der Waals surface area contributed by atoms with Crippen LogP contribution >= 0.6 is 12.2 Å². The summed E-state index contributed by atoms with van der Waals surface area (Å²) in [4.78, 5) is 7.65. The van der Waals surface area contributed by atoms with Gasteiger partial charge in [-0.2, -0.15) is 10.3 Å². The van der Waals surface area contributed by atoms with E-state index in [-0.39, 0.29) is 0 Å². The third-order valence-corrected chi connectivity index (χ3v) is 1.42. The highest BCUT2D eigenvalue weighted by molar-refractivity contribution is 7.78. The van der Waals surface area contributed by atoms with Crippen LogP contribution in [0.25, 0.3) is 0 Å². The van der Waals surface area contributed by atoms with Crippen LogP contribution < -0.4 is 0 Å². The number of rotatable bonds is 1. The number of aryl methyl sites for hydroxylation is 1. The molecule has 1 aromatic rings. The van der Waals surface area contributed by atoms with Crippen LogP contribution in [0.2, 0.25) is 0 Å². The predicted octanol–water partition coefficient (Wildman–Crippen LogP) is 2.00. The van der Waals surface area contributed by atoms with Crippen LogP contribution in [0.15, 0.2) is 17.3 Å². The Morgan fingerprint density at radius 2 is 2.42 bits per heavy atom. The lowest BCUT2D eigenvalue weighted by Crippen LogP contribution is -1.82. The van der Waals surface area contributed by atoms with E-state index in [1.54, 1.807) is 6.07 Å². The van der Waals surface area contributed by atoms with Gasteiger partial charge in [-0.1, -0.05) is 0 Å². The fraction of sp³-hybridized carbons (Fsp3) is 0.125. The van der Waals surface area contributed by atoms with Gasteiger partial charge in [-0.15, -0.1) is 0 Å². The van der Waals surface area contributed by atoms with Crippen molar-refractivity contribution in [2.45, 2.75) is 6.92 Å². The van der Waals surface area contributed by atoms with Crippen molar-refractivity contribution in [3.8, 4) is 6.07 Å². The lowest BCUT2D eigenvalue weighted by Gasteiger charge is -1.95. The third-order valence-electron chi connectivity index (χ3n) is 1.33. The van der Waals surface area contributed by atoms with Crippen LogP contribution in [0.4, 0.5) is 5.82 Å². The standard InChI is InChI=1S/C8H5N3S/c1-6-2-7(3-9)4-10-8(6)11-5-12/h2,4H,1H3. The normalized spacial score (nSPS) is 8.33. The zero-order chi connectivity index (χ0) is 8.97. The molecule has 3 nitrogen and oxygen atoms in total. The fourth-order valence-electron chi connectivity index (χ4n) is 0.789. The molecule has 0 amide bonds. The number of thiocarbonyl (C=S) groups is 1. The monoisotopic (exact) mass is 175 g/mol. The van der Waals surface area contributed by atoms with Gasteiger partial charge >= 0.3 is 0 Å². The molecular weight excluding hydrogens is 170 g/mol. The quantitative estimate of drug-likeness (QED) is 0.484. The SMILES string of the molecule is Cc1cc(C#N)cnc1N=C=S. The maximum Gasteiger partial charge on any atom is 0.165 e. The Hall–Kier alpha value is -1.56. The molecule has 0 radical (unpaired) electrons. The first-order valence-electron chi connectivity index (χ1n) is 3.22. The van der Waals surface area contributed by atoms with Crippen molar-refractivity contribution in [2.75, 3.05) is 0 Å². The molecule has 1 aromatic heterocycles. The van der Waals surface area contributed by atoms with Crippen molar-refractivity contribution in [1.82, 2.24) is 4.98 Å². The van der Waals surface area contributed by atoms with Crippen LogP contribution in [0, 0.1) is 18.3 Å². The number of hydrogen-bond acceptors (Lipinski definition) is 4. The molecule has 1 rings (SSSR count). The molecule has 0 unspecified atom stereocenters. The minimum Gasteiger partial charge on any atom is -0.235 e. The Morgan fingerprint density at radius 1 is 1.67 bits per heavy atom. The molecule has 0 bridgehead atoms. The Bertz CT molecular complexity index is 386. The molecule has 0 saturated heterocycles. The topological polar surface area (TPSA) is 49.0 Å². The van der Waals surface area contributed by atoms with Crippen LogP contribution in [-0.4, -0.2) is 10.1 Å². The van der Waals surface area contributed by atoms with E-state index in [1.807, 2.05) is 13.0 Å². The summed E-state index contributed by atoms with van der Waals surface area (Å²) < 4.78 is 0. The molecule has 0 N–H and O–H groups in total. The molecule has 12 heavy (non-hydrogen) atoms. The van der Waals surface area contributed by atoms with Crippen molar-refractivity contribution >= 4 is 23.2 Å². The highest BCUT2D eigenvalue weighted by atomic mass is 32.1. The van der Waals surface area contributed by atoms with Gasteiger partial charge in [0.2, 0.25) is 0 Å². The average Bonchev–Trinajstić information content (AvgIpc) is 2.09. The van der Waals surface area contributed by atoms with Gasteiger partial charge in [0.1, 0.15) is 6.07 Å². The highest BCUT2D eigenvalue weighted by Crippen LogP contribution is 2.14. The van der Waals surface area contributed by atoms with Crippen molar-refractivity contribution in [3.05, 3.63) is 23.4 Å². The molecular formula is C8H5N3S. The van der Waals surface area contributed by atoms with E-state index in [9.17, 15) is 0 Å². The van der Waals surface area contributed by atoms with Crippen molar-refractivity contribution < 1.29 is 0 Å². The zero-order valence-corrected chi connectivity index (χ0v) is 7.22. The maximum atomic E-state index is 8.53. The number of nitriles is 1. The van der Waals surface area contributed by atoms with Crippen LogP contribution in [0.3, 0.4) is 0 Å². The lowest BCUT2D eigenvalue weighted by molar-refractivity contribution is 1.22. The summed E-state index contributed by atoms with van der Waals surface area (Å²) >= 11 is 4.43. The molecule has 1 heterocycles. The summed E-state index contributed by atoms with van der Waals surface area (Å²) in [5.74, 6) is 0.518. The van der Waals surface area contributed by atoms with Gasteiger partial charge in [0.15, 0.2) is 5.82 Å². The summed E-state index contributed by atoms with van der Waals surface area (Å²) in [6.45, 7) is 1.82. The predicted molar refractivity (Wildman–Crippen MR) is 48.4 cm³/mol. The maximum absolute atomic E-state index is 8.53. The molecule has 0 aliphatic rings. The van der Waals surface area contributed by atoms with Crippen molar-refractivity contribution in [2.24, 2.45) is 4.99 Å². The first kappa shape index (κ1) is 8.54. The number of nitrogens with zero attached hydrogens (tertiary/aromatic N) is 3. The van der Waals surface area contributed by atoms with Crippen LogP contribution in [-0.2, 0) is 0 Å². The number of aliphatic imine (C=N–C) groups is 1. The van der Waals surface area contributed by atoms with Gasteiger partial charge in [-0.25, -0.2) is 4.98 Å². The van der Waals surface area contributed by atoms with E-state index < -0.39 is 0 Å². The van der Waals surface area contributed by atoms with E-state index >= 15 is 0 Å². The van der Waals surface area contributed by atoms with Gasteiger partial charge in [0.25, 0.3) is 0 Å². The Labute approximate surface area is 75.4 Å². The molecule has 0 atom stereocenters. The first-order chi connectivity index (χ1) is 5.77. The number of isothiocyanates is 1. The van der Waals surface area contributed by atoms with E-state index in [1.165, 1.54) is 6.20 Å². The molecule has 0 spiro atoms. The van der Waals surface area contributed by atoms with Gasteiger partial charge in [0, 0.05) is 6.20 Å². The number of hydrogen-bond donors (Lipinski definition) is 0. The third kappa shape index (κ3) is 1.73. The van der Waals surface area contributed by atoms with Crippen molar-refractivity contribution in [1.29, 1.82) is 5.26 Å². The van der Waals surface area contributed by atoms with E-state index in [0.717, 1.165) is 5.56 Å². The zero-order valence-electron chi connectivity index (χ0n) is 6.40. The minimum absolute atomic E-state index is 0.518. The summed E-state index contributed by atoms with van der Waals surface area (Å²) in [5.41, 5.74) is 1.35. The molecule has 0 aromatic carbocycles. The average molecular weight is 175 g/mol. The van der Waals surface area contributed by atoms with Crippen molar-refractivity contribution in [3.63, 3.8) is 0 Å². The molecule has 0 saturated carbocycles. The molecule has 0 fully saturated rings. The van der Waals surface area contributed by atoms with Crippen LogP contribution in [0.5, 0.6) is 0 Å². The van der Waals surface area contributed by atoms with Gasteiger partial charge in [-0.3, -0.25) is 0 Å². The summed E-state index contributed by atoms with van der Waals surface area (Å²) in [6, 6.07) is 3.69. The van der Waals surface area contributed by atoms with Gasteiger partial charge in [0.05, 0.1) is 10.7 Å². The largest absolute Gasteiger partial charge is 0.235 e. The van der Waals surface area contributed by atoms with E-state index in [2.05, 4.69) is 27.4 Å². The van der Waals surface area contributed by atoms with Crippen LogP contribution in [0.1, 0.15) is 11.1 Å². The second-order valence-corrected chi connectivity index (χ2v) is 2.36. The molecule has 58 valence electrons. The summed E-state index contributed by atoms with van der Waals surface area (Å²) in [6.07, 6.45) is 1.46. The smallest absolute Gasteiger partial charge is 0.165 e. The van der Waals surface area contributed by atoms with Gasteiger partial charge in [-0.05, 0) is 30.8 Å². The highest BCUT2D eigenvalue weighted by Gasteiger charge is 1.98. The molecule has 0 aliphatic carbocycles. The second kappa shape index (κ2) is 3.72. The first-order valence-corrected chi connectivity index (χ1v) is 3.63. The van der Waals surface area contributed by atoms with E-state index in [0.29, 0.717) is 11.4 Å². The van der Waals surface area contributed by atoms with Gasteiger partial charge < -0.3 is 0 Å². The Morgan fingerprint density at radius 3 is 2.92 bits per heavy atom. The number of aromatic nitrogens is 1. The second-order valence-electron chi connectivity index (χ2n) is 2.18. The molecule has 0 aliphatic heterocycles. The summed E-state index contributed by atoms with van der Waals surface area (Å²) in [5, 5.41) is 10.8. The fourth-order valence-corrected chi connectivity index (χ4v) is 0.875. The minimum atomic E-state index is 0.518.